The lowest BCUT2D eigenvalue weighted by atomic mass is 10.2. The lowest BCUT2D eigenvalue weighted by Gasteiger charge is -2.36. The van der Waals surface area contributed by atoms with Crippen molar-refractivity contribution in [1.29, 1.82) is 0 Å². The number of methoxy groups -OCH3 is 1. The van der Waals surface area contributed by atoms with E-state index in [0.29, 0.717) is 16.5 Å². The van der Waals surface area contributed by atoms with Gasteiger partial charge in [-0.15, -0.1) is 0 Å². The first kappa shape index (κ1) is 20.2. The van der Waals surface area contributed by atoms with Crippen LogP contribution in [0.1, 0.15) is 5.56 Å². The van der Waals surface area contributed by atoms with Gasteiger partial charge in [-0.2, -0.15) is 0 Å². The van der Waals surface area contributed by atoms with Crippen LogP contribution >= 0.6 is 11.6 Å². The van der Waals surface area contributed by atoms with Gasteiger partial charge in [-0.25, -0.2) is 4.79 Å². The molecule has 0 bridgehead atoms. The molecule has 3 rings (SSSR count). The van der Waals surface area contributed by atoms with Crippen LogP contribution in [0.4, 0.5) is 10.5 Å². The maximum atomic E-state index is 12.6. The number of halogens is 1. The highest BCUT2D eigenvalue weighted by atomic mass is 35.5. The van der Waals surface area contributed by atoms with Crippen molar-refractivity contribution in [2.24, 2.45) is 0 Å². The van der Waals surface area contributed by atoms with E-state index in [0.717, 1.165) is 71.1 Å². The van der Waals surface area contributed by atoms with E-state index < -0.39 is 0 Å². The molecule has 2 aliphatic rings. The highest BCUT2D eigenvalue weighted by Crippen LogP contribution is 2.31. The topological polar surface area (TPSA) is 57.3 Å². The summed E-state index contributed by atoms with van der Waals surface area (Å²) in [5.74, 6) is 0.572. The van der Waals surface area contributed by atoms with Gasteiger partial charge in [0, 0.05) is 63.4 Å². The maximum Gasteiger partial charge on any atom is 0.322 e. The van der Waals surface area contributed by atoms with Crippen molar-refractivity contribution in [3.63, 3.8) is 0 Å². The molecule has 0 aliphatic carbocycles. The molecule has 8 heteroatoms. The number of rotatable bonds is 5. The van der Waals surface area contributed by atoms with Crippen molar-refractivity contribution in [3.05, 3.63) is 22.7 Å². The zero-order chi connectivity index (χ0) is 19.2. The Balaban J connectivity index is 1.46. The Morgan fingerprint density at radius 2 is 1.74 bits per heavy atom. The molecule has 2 aliphatic heterocycles. The monoisotopic (exact) mass is 396 g/mol. The van der Waals surface area contributed by atoms with Crippen molar-refractivity contribution < 1.29 is 14.3 Å². The van der Waals surface area contributed by atoms with Crippen molar-refractivity contribution in [3.8, 4) is 5.75 Å². The first-order chi connectivity index (χ1) is 13.1. The van der Waals surface area contributed by atoms with Crippen LogP contribution in [0.25, 0.3) is 0 Å². The van der Waals surface area contributed by atoms with E-state index in [2.05, 4.69) is 15.1 Å². The van der Waals surface area contributed by atoms with Gasteiger partial charge in [0.05, 0.1) is 26.0 Å². The largest absolute Gasteiger partial charge is 0.495 e. The highest BCUT2D eigenvalue weighted by molar-refractivity contribution is 6.31. The number of hydrogen-bond acceptors (Lipinski definition) is 5. The average Bonchev–Trinajstić information content (AvgIpc) is 2.70. The summed E-state index contributed by atoms with van der Waals surface area (Å²) in [6, 6.07) is 3.48. The third-order valence-corrected chi connectivity index (χ3v) is 5.63. The number of anilines is 1. The first-order valence-electron chi connectivity index (χ1n) is 9.49. The Morgan fingerprint density at radius 3 is 2.37 bits per heavy atom. The molecule has 0 radical (unpaired) electrons. The standard InChI is InChI=1S/C19H29ClN4O3/c1-15-13-17(18(26-2)14-16(15)20)21-19(25)24-7-5-22(6-8-24)3-4-23-9-11-27-12-10-23/h13-14H,3-12H2,1-2H3,(H,21,25). The van der Waals surface area contributed by atoms with E-state index in [9.17, 15) is 4.79 Å². The molecule has 0 atom stereocenters. The van der Waals surface area contributed by atoms with E-state index in [1.165, 1.54) is 0 Å². The number of urea groups is 1. The molecule has 2 fully saturated rings. The van der Waals surface area contributed by atoms with Crippen LogP contribution in [0.2, 0.25) is 5.02 Å². The Hall–Kier alpha value is -1.54. The van der Waals surface area contributed by atoms with Crippen molar-refractivity contribution >= 4 is 23.3 Å². The fourth-order valence-corrected chi connectivity index (χ4v) is 3.56. The van der Waals surface area contributed by atoms with Gasteiger partial charge >= 0.3 is 6.03 Å². The van der Waals surface area contributed by atoms with Crippen LogP contribution in [0, 0.1) is 6.92 Å². The second-order valence-electron chi connectivity index (χ2n) is 7.01. The molecule has 0 spiro atoms. The van der Waals surface area contributed by atoms with Gasteiger partial charge in [0.25, 0.3) is 0 Å². The van der Waals surface area contributed by atoms with E-state index in [1.54, 1.807) is 13.2 Å². The predicted octanol–water partition coefficient (Wildman–Crippen LogP) is 2.14. The van der Waals surface area contributed by atoms with Crippen LogP contribution in [-0.2, 0) is 4.74 Å². The van der Waals surface area contributed by atoms with E-state index >= 15 is 0 Å². The minimum absolute atomic E-state index is 0.0946. The lowest BCUT2D eigenvalue weighted by molar-refractivity contribution is 0.0311. The number of nitrogens with zero attached hydrogens (tertiary/aromatic N) is 3. The summed E-state index contributed by atoms with van der Waals surface area (Å²) in [5.41, 5.74) is 1.56. The highest BCUT2D eigenvalue weighted by Gasteiger charge is 2.22. The van der Waals surface area contributed by atoms with Crippen LogP contribution < -0.4 is 10.1 Å². The fraction of sp³-hybridized carbons (Fsp3) is 0.632. The number of ether oxygens (including phenoxy) is 2. The Morgan fingerprint density at radius 1 is 1.11 bits per heavy atom. The molecule has 0 unspecified atom stereocenters. The summed E-state index contributed by atoms with van der Waals surface area (Å²) in [5, 5.41) is 3.58. The molecule has 27 heavy (non-hydrogen) atoms. The number of benzene rings is 1. The lowest BCUT2D eigenvalue weighted by Crippen LogP contribution is -2.51. The molecular formula is C19H29ClN4O3. The minimum Gasteiger partial charge on any atom is -0.495 e. The number of amides is 2. The van der Waals surface area contributed by atoms with Gasteiger partial charge in [0.15, 0.2) is 0 Å². The molecular weight excluding hydrogens is 368 g/mol. The summed E-state index contributed by atoms with van der Waals surface area (Å²) in [6.45, 7) is 11.0. The molecule has 0 aromatic heterocycles. The number of aryl methyl sites for hydroxylation is 1. The predicted molar refractivity (Wildman–Crippen MR) is 107 cm³/mol. The summed E-state index contributed by atoms with van der Waals surface area (Å²) in [7, 11) is 1.57. The van der Waals surface area contributed by atoms with E-state index in [1.807, 2.05) is 17.9 Å². The number of morpholine rings is 1. The number of carbonyl (C=O) groups excluding carboxylic acids is 1. The van der Waals surface area contributed by atoms with Gasteiger partial charge in [0.1, 0.15) is 5.75 Å². The Kier molecular flexibility index (Phi) is 7.18. The third-order valence-electron chi connectivity index (χ3n) is 5.22. The summed E-state index contributed by atoms with van der Waals surface area (Å²) >= 11 is 6.13. The number of piperazine rings is 1. The number of nitrogens with one attached hydrogen (secondary N) is 1. The van der Waals surface area contributed by atoms with Crippen LogP contribution in [0.5, 0.6) is 5.75 Å². The zero-order valence-electron chi connectivity index (χ0n) is 16.2. The minimum atomic E-state index is -0.0946. The summed E-state index contributed by atoms with van der Waals surface area (Å²) in [4.78, 5) is 19.4. The third kappa shape index (κ3) is 5.48. The van der Waals surface area contributed by atoms with Gasteiger partial charge in [-0.05, 0) is 18.6 Å². The SMILES string of the molecule is COc1cc(Cl)c(C)cc1NC(=O)N1CCN(CCN2CCOCC2)CC1. The second kappa shape index (κ2) is 9.59. The van der Waals surface area contributed by atoms with Gasteiger partial charge in [-0.1, -0.05) is 11.6 Å². The smallest absolute Gasteiger partial charge is 0.322 e. The number of hydrogen-bond donors (Lipinski definition) is 1. The summed E-state index contributed by atoms with van der Waals surface area (Å²) in [6.07, 6.45) is 0. The normalized spacial score (nSPS) is 19.1. The van der Waals surface area contributed by atoms with Gasteiger partial charge in [0.2, 0.25) is 0 Å². The summed E-state index contributed by atoms with van der Waals surface area (Å²) < 4.78 is 10.7. The zero-order valence-corrected chi connectivity index (χ0v) is 16.9. The maximum absolute atomic E-state index is 12.6. The fourth-order valence-electron chi connectivity index (χ4n) is 3.41. The molecule has 1 N–H and O–H groups in total. The molecule has 1 aromatic rings. The van der Waals surface area contributed by atoms with Gasteiger partial charge in [-0.3, -0.25) is 9.80 Å². The molecule has 2 heterocycles. The van der Waals surface area contributed by atoms with Crippen molar-refractivity contribution in [1.82, 2.24) is 14.7 Å². The van der Waals surface area contributed by atoms with Crippen LogP contribution in [-0.4, -0.2) is 93.4 Å². The second-order valence-corrected chi connectivity index (χ2v) is 7.42. The number of carbonyl (C=O) groups is 1. The van der Waals surface area contributed by atoms with Crippen molar-refractivity contribution in [2.45, 2.75) is 6.92 Å². The Bertz CT molecular complexity index is 644. The van der Waals surface area contributed by atoms with Crippen molar-refractivity contribution in [2.75, 3.05) is 78.0 Å². The first-order valence-corrected chi connectivity index (χ1v) is 9.87. The van der Waals surface area contributed by atoms with Crippen LogP contribution in [0.15, 0.2) is 12.1 Å². The van der Waals surface area contributed by atoms with Crippen LogP contribution in [0.3, 0.4) is 0 Å². The molecule has 2 amide bonds. The average molecular weight is 397 g/mol. The quantitative estimate of drug-likeness (QED) is 0.826. The van der Waals surface area contributed by atoms with Gasteiger partial charge < -0.3 is 19.7 Å². The Labute approximate surface area is 166 Å². The van der Waals surface area contributed by atoms with E-state index in [-0.39, 0.29) is 6.03 Å². The van der Waals surface area contributed by atoms with E-state index in [4.69, 9.17) is 21.1 Å². The molecule has 0 saturated carbocycles. The molecule has 7 nitrogen and oxygen atoms in total. The molecule has 150 valence electrons. The molecule has 1 aromatic carbocycles. The molecule has 2 saturated heterocycles.